The molecule has 0 N–H and O–H groups in total. The average molecular weight is 369 g/mol. The topological polar surface area (TPSA) is 25.8 Å². The molecule has 2 aromatic carbocycles. The highest BCUT2D eigenvalue weighted by Gasteiger charge is 2.15. The normalized spacial score (nSPS) is 12.6. The van der Waals surface area contributed by atoms with E-state index in [9.17, 15) is 0 Å². The Balaban J connectivity index is 1.75. The van der Waals surface area contributed by atoms with E-state index in [0.717, 1.165) is 22.4 Å². The Hall–Kier alpha value is -2.74. The molecule has 142 valence electrons. The van der Waals surface area contributed by atoms with E-state index < -0.39 is 0 Å². The first-order chi connectivity index (χ1) is 13.1. The van der Waals surface area contributed by atoms with Crippen molar-refractivity contribution < 1.29 is 0 Å². The molecule has 0 bridgehead atoms. The van der Waals surface area contributed by atoms with Gasteiger partial charge < -0.3 is 0 Å². The summed E-state index contributed by atoms with van der Waals surface area (Å²) in [6.45, 7) is 13.4. The van der Waals surface area contributed by atoms with Gasteiger partial charge in [0, 0.05) is 10.8 Å². The van der Waals surface area contributed by atoms with Gasteiger partial charge in [0.2, 0.25) is 0 Å². The van der Waals surface area contributed by atoms with Crippen LogP contribution in [-0.4, -0.2) is 9.97 Å². The maximum Gasteiger partial charge on any atom is 0.0894 e. The summed E-state index contributed by atoms with van der Waals surface area (Å²) in [5, 5.41) is 2.35. The van der Waals surface area contributed by atoms with Gasteiger partial charge in [0.25, 0.3) is 0 Å². The minimum atomic E-state index is 0.138. The van der Waals surface area contributed by atoms with Crippen LogP contribution in [0.25, 0.3) is 33.2 Å². The molecule has 0 amide bonds. The fourth-order valence-electron chi connectivity index (χ4n) is 3.47. The van der Waals surface area contributed by atoms with E-state index in [1.807, 2.05) is 0 Å². The predicted octanol–water partition coefficient (Wildman–Crippen LogP) is 7.05. The third-order valence-corrected chi connectivity index (χ3v) is 5.37. The second-order valence-corrected chi connectivity index (χ2v) is 9.71. The van der Waals surface area contributed by atoms with Crippen molar-refractivity contribution in [2.24, 2.45) is 0 Å². The number of hydrogen-bond acceptors (Lipinski definition) is 2. The first-order valence-electron chi connectivity index (χ1n) is 9.94. The number of benzene rings is 2. The molecule has 2 aromatic heterocycles. The van der Waals surface area contributed by atoms with Crippen LogP contribution in [0.3, 0.4) is 0 Å². The molecule has 28 heavy (non-hydrogen) atoms. The molecule has 2 heterocycles. The standard InChI is InChI=1S/C26H28N2/c1-25(2,3)19-9-13-21-17(15-19)7-11-23(27-21)24-12-8-18-16-20(26(4,5)6)10-14-22(18)28-24/h7-16H,1-6H3. The summed E-state index contributed by atoms with van der Waals surface area (Å²) in [7, 11) is 0. The third kappa shape index (κ3) is 3.52. The first kappa shape index (κ1) is 18.6. The SMILES string of the molecule is CC(C)(C)c1ccc2nc(-c3ccc4cc(C(C)(C)C)ccc4n3)ccc2c1. The number of fused-ring (bicyclic) bond motifs is 2. The van der Waals surface area contributed by atoms with E-state index in [1.54, 1.807) is 0 Å². The Morgan fingerprint density at radius 2 is 0.893 bits per heavy atom. The van der Waals surface area contributed by atoms with Crippen LogP contribution in [0.15, 0.2) is 60.7 Å². The third-order valence-electron chi connectivity index (χ3n) is 5.37. The zero-order chi connectivity index (χ0) is 20.1. The Labute approximate surface area is 167 Å². The molecule has 0 aliphatic rings. The molecular weight excluding hydrogens is 340 g/mol. The lowest BCUT2D eigenvalue weighted by Crippen LogP contribution is -2.10. The maximum absolute atomic E-state index is 4.87. The summed E-state index contributed by atoms with van der Waals surface area (Å²) in [4.78, 5) is 9.74. The number of aromatic nitrogens is 2. The fourth-order valence-corrected chi connectivity index (χ4v) is 3.47. The molecule has 4 rings (SSSR count). The molecule has 0 aliphatic heterocycles. The molecule has 0 saturated carbocycles. The summed E-state index contributed by atoms with van der Waals surface area (Å²) in [5.41, 5.74) is 6.78. The molecule has 0 saturated heterocycles. The highest BCUT2D eigenvalue weighted by atomic mass is 14.8. The highest BCUT2D eigenvalue weighted by Crippen LogP contribution is 2.29. The van der Waals surface area contributed by atoms with Crippen LogP contribution in [0.2, 0.25) is 0 Å². The monoisotopic (exact) mass is 368 g/mol. The Morgan fingerprint density at radius 3 is 1.25 bits per heavy atom. The van der Waals surface area contributed by atoms with Gasteiger partial charge >= 0.3 is 0 Å². The summed E-state index contributed by atoms with van der Waals surface area (Å²) < 4.78 is 0. The second kappa shape index (κ2) is 6.41. The van der Waals surface area contributed by atoms with Crippen molar-refractivity contribution in [3.05, 3.63) is 71.8 Å². The van der Waals surface area contributed by atoms with Crippen LogP contribution in [0.1, 0.15) is 52.7 Å². The Morgan fingerprint density at radius 1 is 0.500 bits per heavy atom. The van der Waals surface area contributed by atoms with Crippen molar-refractivity contribution in [1.29, 1.82) is 0 Å². The Bertz CT molecular complexity index is 1080. The molecule has 2 heteroatoms. The lowest BCUT2D eigenvalue weighted by Gasteiger charge is -2.19. The van der Waals surface area contributed by atoms with Gasteiger partial charge in [-0.25, -0.2) is 9.97 Å². The number of nitrogens with zero attached hydrogens (tertiary/aromatic N) is 2. The average Bonchev–Trinajstić information content (AvgIpc) is 2.65. The molecule has 0 radical (unpaired) electrons. The summed E-state index contributed by atoms with van der Waals surface area (Å²) in [6, 6.07) is 21.6. The molecular formula is C26H28N2. The van der Waals surface area contributed by atoms with E-state index in [2.05, 4.69) is 102 Å². The van der Waals surface area contributed by atoms with Gasteiger partial charge in [-0.1, -0.05) is 65.8 Å². The largest absolute Gasteiger partial charge is 0.246 e. The minimum Gasteiger partial charge on any atom is -0.246 e. The highest BCUT2D eigenvalue weighted by molar-refractivity contribution is 5.85. The van der Waals surface area contributed by atoms with Gasteiger partial charge in [0.05, 0.1) is 22.4 Å². The zero-order valence-corrected chi connectivity index (χ0v) is 17.7. The summed E-state index contributed by atoms with van der Waals surface area (Å²) in [6.07, 6.45) is 0. The van der Waals surface area contributed by atoms with Crippen LogP contribution in [0.5, 0.6) is 0 Å². The fraction of sp³-hybridized carbons (Fsp3) is 0.308. The number of hydrogen-bond donors (Lipinski definition) is 0. The van der Waals surface area contributed by atoms with Gasteiger partial charge in [0.15, 0.2) is 0 Å². The van der Waals surface area contributed by atoms with Gasteiger partial charge in [-0.3, -0.25) is 0 Å². The lowest BCUT2D eigenvalue weighted by atomic mass is 9.86. The van der Waals surface area contributed by atoms with Crippen molar-refractivity contribution in [3.63, 3.8) is 0 Å². The molecule has 0 unspecified atom stereocenters. The molecule has 0 aliphatic carbocycles. The van der Waals surface area contributed by atoms with Crippen LogP contribution < -0.4 is 0 Å². The van der Waals surface area contributed by atoms with Gasteiger partial charge in [-0.15, -0.1) is 0 Å². The Kier molecular flexibility index (Phi) is 4.26. The maximum atomic E-state index is 4.87. The van der Waals surface area contributed by atoms with E-state index in [0.29, 0.717) is 0 Å². The quantitative estimate of drug-likeness (QED) is 0.360. The zero-order valence-electron chi connectivity index (χ0n) is 17.7. The molecule has 0 atom stereocenters. The van der Waals surface area contributed by atoms with Crippen molar-refractivity contribution in [3.8, 4) is 11.4 Å². The van der Waals surface area contributed by atoms with Gasteiger partial charge in [-0.2, -0.15) is 0 Å². The van der Waals surface area contributed by atoms with Crippen LogP contribution in [-0.2, 0) is 10.8 Å². The van der Waals surface area contributed by atoms with Crippen LogP contribution in [0, 0.1) is 0 Å². The molecule has 4 aromatic rings. The minimum absolute atomic E-state index is 0.138. The van der Waals surface area contributed by atoms with E-state index in [1.165, 1.54) is 21.9 Å². The van der Waals surface area contributed by atoms with Crippen molar-refractivity contribution in [2.45, 2.75) is 52.4 Å². The summed E-state index contributed by atoms with van der Waals surface area (Å²) in [5.74, 6) is 0. The summed E-state index contributed by atoms with van der Waals surface area (Å²) >= 11 is 0. The van der Waals surface area contributed by atoms with Crippen molar-refractivity contribution in [1.82, 2.24) is 9.97 Å². The molecule has 0 spiro atoms. The van der Waals surface area contributed by atoms with Crippen molar-refractivity contribution >= 4 is 21.8 Å². The number of rotatable bonds is 1. The van der Waals surface area contributed by atoms with E-state index >= 15 is 0 Å². The molecule has 0 fully saturated rings. The molecule has 2 nitrogen and oxygen atoms in total. The number of pyridine rings is 2. The predicted molar refractivity (Wildman–Crippen MR) is 120 cm³/mol. The van der Waals surface area contributed by atoms with Gasteiger partial charge in [0.1, 0.15) is 0 Å². The van der Waals surface area contributed by atoms with Crippen LogP contribution in [0.4, 0.5) is 0 Å². The second-order valence-electron chi connectivity index (χ2n) is 9.71. The van der Waals surface area contributed by atoms with E-state index in [-0.39, 0.29) is 10.8 Å². The van der Waals surface area contributed by atoms with Crippen molar-refractivity contribution in [2.75, 3.05) is 0 Å². The van der Waals surface area contributed by atoms with E-state index in [4.69, 9.17) is 9.97 Å². The van der Waals surface area contributed by atoms with Crippen LogP contribution >= 0.6 is 0 Å². The first-order valence-corrected chi connectivity index (χ1v) is 9.94. The smallest absolute Gasteiger partial charge is 0.0894 e. The van der Waals surface area contributed by atoms with Gasteiger partial charge in [-0.05, 0) is 58.4 Å². The lowest BCUT2D eigenvalue weighted by molar-refractivity contribution is 0.591.